The molecule has 0 aromatic carbocycles. The molecule has 96 valence electrons. The molecule has 0 fully saturated rings. The minimum atomic E-state index is 0.422. The normalized spacial score (nSPS) is 13.2. The number of rotatable bonds is 8. The Bertz CT molecular complexity index is 196. The predicted octanol–water partition coefficient (Wildman–Crippen LogP) is 5.83. The van der Waals surface area contributed by atoms with Crippen LogP contribution in [-0.2, 0) is 0 Å². The first-order valence-electron chi connectivity index (χ1n) is 6.86. The summed E-state index contributed by atoms with van der Waals surface area (Å²) in [5, 5.41) is 0. The second kappa shape index (κ2) is 6.47. The second-order valence-electron chi connectivity index (χ2n) is 6.65. The highest BCUT2D eigenvalue weighted by atomic mass is 14.4. The quantitative estimate of drug-likeness (QED) is 0.359. The average Bonchev–Trinajstić information content (AvgIpc) is 2.16. The lowest BCUT2D eigenvalue weighted by Gasteiger charge is -2.45. The van der Waals surface area contributed by atoms with Crippen LogP contribution in [0, 0.1) is 16.7 Å². The van der Waals surface area contributed by atoms with Gasteiger partial charge in [-0.1, -0.05) is 60.5 Å². The van der Waals surface area contributed by atoms with Crippen LogP contribution in [-0.4, -0.2) is 0 Å². The smallest absolute Gasteiger partial charge is 0.0280 e. The molecular formula is C16H32. The van der Waals surface area contributed by atoms with Crippen molar-refractivity contribution in [3.63, 3.8) is 0 Å². The highest BCUT2D eigenvalue weighted by molar-refractivity contribution is 4.88. The Labute approximate surface area is 104 Å². The summed E-state index contributed by atoms with van der Waals surface area (Å²) < 4.78 is 0. The van der Waals surface area contributed by atoms with E-state index in [0.29, 0.717) is 10.8 Å². The maximum absolute atomic E-state index is 3.77. The molecule has 0 heterocycles. The molecule has 0 heteroatoms. The van der Waals surface area contributed by atoms with E-state index in [4.69, 9.17) is 0 Å². The van der Waals surface area contributed by atoms with Crippen LogP contribution >= 0.6 is 0 Å². The largest absolute Gasteiger partial charge is 0.103 e. The van der Waals surface area contributed by atoms with E-state index in [9.17, 15) is 0 Å². The molecule has 0 aromatic rings. The average molecular weight is 224 g/mol. The maximum atomic E-state index is 3.77. The van der Waals surface area contributed by atoms with E-state index >= 15 is 0 Å². The van der Waals surface area contributed by atoms with Gasteiger partial charge in [-0.2, -0.15) is 0 Å². The van der Waals surface area contributed by atoms with Crippen LogP contribution in [0.2, 0.25) is 0 Å². The van der Waals surface area contributed by atoms with E-state index in [0.717, 1.165) is 5.92 Å². The summed E-state index contributed by atoms with van der Waals surface area (Å²) in [6.07, 6.45) is 8.56. The maximum Gasteiger partial charge on any atom is -0.0280 e. The van der Waals surface area contributed by atoms with E-state index in [-0.39, 0.29) is 0 Å². The summed E-state index contributed by atoms with van der Waals surface area (Å²) in [7, 11) is 0. The van der Waals surface area contributed by atoms with Crippen molar-refractivity contribution in [2.24, 2.45) is 16.7 Å². The van der Waals surface area contributed by atoms with Gasteiger partial charge in [0.25, 0.3) is 0 Å². The van der Waals surface area contributed by atoms with E-state index in [2.05, 4.69) is 48.1 Å². The first-order valence-corrected chi connectivity index (χ1v) is 6.86. The van der Waals surface area contributed by atoms with Crippen LogP contribution in [0.5, 0.6) is 0 Å². The standard InChI is InChI=1S/C16H32/c1-8-9-10-11-12-13-15(4,5)16(6,7)14(2)3/h8,14H,1,9-13H2,2-7H3. The first kappa shape index (κ1) is 15.7. The van der Waals surface area contributed by atoms with Gasteiger partial charge in [0.1, 0.15) is 0 Å². The van der Waals surface area contributed by atoms with E-state index in [1.54, 1.807) is 0 Å². The highest BCUT2D eigenvalue weighted by Gasteiger charge is 2.38. The van der Waals surface area contributed by atoms with Gasteiger partial charge >= 0.3 is 0 Å². The molecule has 0 aliphatic rings. The second-order valence-corrected chi connectivity index (χ2v) is 6.65. The molecule has 0 bridgehead atoms. The molecule has 0 saturated carbocycles. The Morgan fingerprint density at radius 1 is 1.00 bits per heavy atom. The van der Waals surface area contributed by atoms with Gasteiger partial charge in [0.15, 0.2) is 0 Å². The van der Waals surface area contributed by atoms with Gasteiger partial charge in [0, 0.05) is 0 Å². The van der Waals surface area contributed by atoms with Crippen molar-refractivity contribution in [3.8, 4) is 0 Å². The molecule has 0 saturated heterocycles. The Balaban J connectivity index is 4.08. The molecule has 0 aromatic heterocycles. The lowest BCUT2D eigenvalue weighted by Crippen LogP contribution is -2.36. The van der Waals surface area contributed by atoms with Gasteiger partial charge < -0.3 is 0 Å². The summed E-state index contributed by atoms with van der Waals surface area (Å²) in [5.74, 6) is 0.746. The number of unbranched alkanes of at least 4 members (excludes halogenated alkanes) is 3. The van der Waals surface area contributed by atoms with Crippen molar-refractivity contribution in [2.45, 2.75) is 73.6 Å². The molecule has 0 rings (SSSR count). The molecule has 16 heavy (non-hydrogen) atoms. The van der Waals surface area contributed by atoms with Gasteiger partial charge in [-0.25, -0.2) is 0 Å². The third-order valence-corrected chi connectivity index (χ3v) is 4.90. The van der Waals surface area contributed by atoms with Crippen LogP contribution < -0.4 is 0 Å². The third-order valence-electron chi connectivity index (χ3n) is 4.90. The van der Waals surface area contributed by atoms with Crippen molar-refractivity contribution >= 4 is 0 Å². The van der Waals surface area contributed by atoms with E-state index < -0.39 is 0 Å². The Morgan fingerprint density at radius 2 is 1.56 bits per heavy atom. The summed E-state index contributed by atoms with van der Waals surface area (Å²) >= 11 is 0. The summed E-state index contributed by atoms with van der Waals surface area (Å²) in [6.45, 7) is 18.2. The lowest BCUT2D eigenvalue weighted by molar-refractivity contribution is 0.0452. The zero-order valence-electron chi connectivity index (χ0n) is 12.4. The zero-order chi connectivity index (χ0) is 12.8. The Hall–Kier alpha value is -0.260. The summed E-state index contributed by atoms with van der Waals surface area (Å²) in [5.41, 5.74) is 0.862. The van der Waals surface area contributed by atoms with E-state index in [1.807, 2.05) is 6.08 Å². The van der Waals surface area contributed by atoms with Crippen LogP contribution in [0.3, 0.4) is 0 Å². The molecule has 0 spiro atoms. The van der Waals surface area contributed by atoms with Crippen molar-refractivity contribution < 1.29 is 0 Å². The molecular weight excluding hydrogens is 192 g/mol. The fourth-order valence-electron chi connectivity index (χ4n) is 2.14. The minimum absolute atomic E-state index is 0.422. The molecule has 0 nitrogen and oxygen atoms in total. The van der Waals surface area contributed by atoms with Crippen LogP contribution in [0.25, 0.3) is 0 Å². The van der Waals surface area contributed by atoms with Crippen molar-refractivity contribution in [1.29, 1.82) is 0 Å². The molecule has 0 aliphatic heterocycles. The van der Waals surface area contributed by atoms with Crippen LogP contribution in [0.4, 0.5) is 0 Å². The molecule has 0 unspecified atom stereocenters. The number of hydrogen-bond acceptors (Lipinski definition) is 0. The predicted molar refractivity (Wildman–Crippen MR) is 75.7 cm³/mol. The van der Waals surface area contributed by atoms with E-state index in [1.165, 1.54) is 32.1 Å². The van der Waals surface area contributed by atoms with Gasteiger partial charge in [0.05, 0.1) is 0 Å². The van der Waals surface area contributed by atoms with Gasteiger partial charge in [-0.3, -0.25) is 0 Å². The highest BCUT2D eigenvalue weighted by Crippen LogP contribution is 2.47. The fraction of sp³-hybridized carbons (Fsp3) is 0.875. The Morgan fingerprint density at radius 3 is 2.00 bits per heavy atom. The molecule has 0 atom stereocenters. The Kier molecular flexibility index (Phi) is 6.36. The van der Waals surface area contributed by atoms with Gasteiger partial charge in [0.2, 0.25) is 0 Å². The zero-order valence-corrected chi connectivity index (χ0v) is 12.4. The minimum Gasteiger partial charge on any atom is -0.103 e. The molecule has 0 amide bonds. The molecule has 0 aliphatic carbocycles. The monoisotopic (exact) mass is 224 g/mol. The van der Waals surface area contributed by atoms with Crippen LogP contribution in [0.1, 0.15) is 73.6 Å². The third kappa shape index (κ3) is 4.31. The van der Waals surface area contributed by atoms with Crippen molar-refractivity contribution in [3.05, 3.63) is 12.7 Å². The molecule has 0 N–H and O–H groups in total. The first-order chi connectivity index (χ1) is 7.25. The van der Waals surface area contributed by atoms with Crippen molar-refractivity contribution in [1.82, 2.24) is 0 Å². The summed E-state index contributed by atoms with van der Waals surface area (Å²) in [4.78, 5) is 0. The fourth-order valence-corrected chi connectivity index (χ4v) is 2.14. The van der Waals surface area contributed by atoms with Gasteiger partial charge in [-0.15, -0.1) is 6.58 Å². The molecule has 0 radical (unpaired) electrons. The van der Waals surface area contributed by atoms with Gasteiger partial charge in [-0.05, 0) is 36.0 Å². The SMILES string of the molecule is C=CCCCCCC(C)(C)C(C)(C)C(C)C. The topological polar surface area (TPSA) is 0 Å². The lowest BCUT2D eigenvalue weighted by atomic mass is 9.60. The number of allylic oxidation sites excluding steroid dienone is 1. The van der Waals surface area contributed by atoms with Crippen molar-refractivity contribution in [2.75, 3.05) is 0 Å². The number of hydrogen-bond donors (Lipinski definition) is 0. The van der Waals surface area contributed by atoms with Crippen LogP contribution in [0.15, 0.2) is 12.7 Å². The summed E-state index contributed by atoms with van der Waals surface area (Å²) in [6, 6.07) is 0.